The minimum absolute atomic E-state index is 0.0450. The van der Waals surface area contributed by atoms with Crippen molar-refractivity contribution in [3.63, 3.8) is 0 Å². The summed E-state index contributed by atoms with van der Waals surface area (Å²) >= 11 is 3.92. The molecule has 0 bridgehead atoms. The third-order valence-corrected chi connectivity index (χ3v) is 7.55. The molecule has 0 aliphatic carbocycles. The van der Waals surface area contributed by atoms with Crippen LogP contribution in [0.15, 0.2) is 60.7 Å². The third kappa shape index (κ3) is 6.84. The first-order chi connectivity index (χ1) is 13.4. The zero-order valence-electron chi connectivity index (χ0n) is 15.5. The Hall–Kier alpha value is -0.980. The maximum absolute atomic E-state index is 9.62. The summed E-state index contributed by atoms with van der Waals surface area (Å²) in [7, 11) is 0. The van der Waals surface area contributed by atoms with E-state index >= 15 is 0 Å². The topological polar surface area (TPSA) is 38.7 Å². The van der Waals surface area contributed by atoms with E-state index in [9.17, 15) is 5.11 Å². The molecule has 3 rings (SSSR count). The van der Waals surface area contributed by atoms with Gasteiger partial charge in [-0.2, -0.15) is 0 Å². The molecule has 2 atom stereocenters. The Morgan fingerprint density at radius 3 is 1.96 bits per heavy atom. The molecule has 0 saturated carbocycles. The summed E-state index contributed by atoms with van der Waals surface area (Å²) in [5.41, 5.74) is 2.31. The van der Waals surface area contributed by atoms with Crippen LogP contribution < -0.4 is 0 Å². The van der Waals surface area contributed by atoms with Crippen LogP contribution in [0, 0.1) is 0 Å². The van der Waals surface area contributed by atoms with Crippen LogP contribution in [0.2, 0.25) is 0 Å². The van der Waals surface area contributed by atoms with Crippen LogP contribution >= 0.6 is 23.5 Å². The van der Waals surface area contributed by atoms with Crippen LogP contribution in [0.4, 0.5) is 0 Å². The minimum atomic E-state index is -0.123. The number of aliphatic hydroxyl groups excluding tert-OH is 1. The van der Waals surface area contributed by atoms with E-state index < -0.39 is 0 Å². The average molecular weight is 405 g/mol. The fourth-order valence-electron chi connectivity index (χ4n) is 3.07. The Bertz CT molecular complexity index is 633. The molecule has 0 unspecified atom stereocenters. The van der Waals surface area contributed by atoms with E-state index in [-0.39, 0.29) is 18.8 Å². The lowest BCUT2D eigenvalue weighted by molar-refractivity contribution is -0.0857. The molecule has 27 heavy (non-hydrogen) atoms. The third-order valence-electron chi connectivity index (χ3n) is 4.49. The van der Waals surface area contributed by atoms with Gasteiger partial charge < -0.3 is 14.6 Å². The van der Waals surface area contributed by atoms with E-state index in [0.717, 1.165) is 17.1 Å². The van der Waals surface area contributed by atoms with Gasteiger partial charge in [-0.15, -0.1) is 23.5 Å². The molecule has 3 nitrogen and oxygen atoms in total. The lowest BCUT2D eigenvalue weighted by atomic mass is 10.1. The second-order valence-corrected chi connectivity index (χ2v) is 9.37. The van der Waals surface area contributed by atoms with Gasteiger partial charge in [-0.3, -0.25) is 0 Å². The lowest BCUT2D eigenvalue weighted by Crippen LogP contribution is -2.40. The molecule has 2 aromatic rings. The summed E-state index contributed by atoms with van der Waals surface area (Å²) in [5, 5.41) is 9.62. The van der Waals surface area contributed by atoms with Crippen LogP contribution in [0.3, 0.4) is 0 Å². The maximum Gasteiger partial charge on any atom is 0.105 e. The highest BCUT2D eigenvalue weighted by molar-refractivity contribution is 8.17. The summed E-state index contributed by atoms with van der Waals surface area (Å²) in [6, 6.07) is 20.5. The molecule has 1 saturated heterocycles. The van der Waals surface area contributed by atoms with Crippen LogP contribution in [0.25, 0.3) is 0 Å². The first-order valence-corrected chi connectivity index (χ1v) is 11.6. The Labute approximate surface area is 170 Å². The van der Waals surface area contributed by atoms with Crippen LogP contribution in [-0.4, -0.2) is 40.0 Å². The van der Waals surface area contributed by atoms with E-state index in [1.807, 2.05) is 59.9 Å². The molecule has 0 spiro atoms. The van der Waals surface area contributed by atoms with Crippen molar-refractivity contribution in [3.8, 4) is 0 Å². The fourth-order valence-corrected chi connectivity index (χ4v) is 6.19. The number of hydrogen-bond donors (Lipinski definition) is 1. The Kier molecular flexibility index (Phi) is 9.04. The van der Waals surface area contributed by atoms with Crippen molar-refractivity contribution in [2.24, 2.45) is 0 Å². The first-order valence-electron chi connectivity index (χ1n) is 9.52. The van der Waals surface area contributed by atoms with E-state index in [1.54, 1.807) is 0 Å². The van der Waals surface area contributed by atoms with Crippen LogP contribution in [0.1, 0.15) is 24.0 Å². The van der Waals surface area contributed by atoms with Crippen molar-refractivity contribution >= 4 is 23.5 Å². The standard InChI is InChI=1S/C22H28O3S2/c23-13-12-20(24-16-18-8-3-1-4-9-18)21(22-26-14-7-15-27-22)25-17-19-10-5-2-6-11-19/h1-6,8-11,20-23H,7,12-17H2/t20-,21-/m0/s1. The number of hydrogen-bond acceptors (Lipinski definition) is 5. The molecule has 5 heteroatoms. The van der Waals surface area contributed by atoms with Crippen molar-refractivity contribution in [2.75, 3.05) is 18.1 Å². The van der Waals surface area contributed by atoms with Gasteiger partial charge in [-0.1, -0.05) is 60.7 Å². The first kappa shape index (κ1) is 20.7. The normalized spacial score (nSPS) is 17.5. The molecule has 0 radical (unpaired) electrons. The fraction of sp³-hybridized carbons (Fsp3) is 0.455. The van der Waals surface area contributed by atoms with Gasteiger partial charge >= 0.3 is 0 Å². The molecular weight excluding hydrogens is 376 g/mol. The van der Waals surface area contributed by atoms with Crippen molar-refractivity contribution in [3.05, 3.63) is 71.8 Å². The Morgan fingerprint density at radius 1 is 0.852 bits per heavy atom. The van der Waals surface area contributed by atoms with Gasteiger partial charge in [0.1, 0.15) is 6.10 Å². The highest BCUT2D eigenvalue weighted by Crippen LogP contribution is 2.37. The zero-order chi connectivity index (χ0) is 18.7. The monoisotopic (exact) mass is 404 g/mol. The smallest absolute Gasteiger partial charge is 0.105 e. The number of ether oxygens (including phenoxy) is 2. The predicted octanol–water partition coefficient (Wildman–Crippen LogP) is 4.74. The summed E-state index contributed by atoms with van der Waals surface area (Å²) in [5.74, 6) is 2.32. The van der Waals surface area contributed by atoms with Gasteiger partial charge in [0.2, 0.25) is 0 Å². The molecule has 1 aliphatic rings. The predicted molar refractivity (Wildman–Crippen MR) is 115 cm³/mol. The Balaban J connectivity index is 1.68. The van der Waals surface area contributed by atoms with Crippen molar-refractivity contribution in [2.45, 2.75) is 42.8 Å². The number of thioether (sulfide) groups is 2. The van der Waals surface area contributed by atoms with Crippen molar-refractivity contribution in [1.29, 1.82) is 0 Å². The van der Waals surface area contributed by atoms with E-state index in [2.05, 4.69) is 24.3 Å². The van der Waals surface area contributed by atoms with Gasteiger partial charge in [-0.25, -0.2) is 0 Å². The Morgan fingerprint density at radius 2 is 1.41 bits per heavy atom. The minimum Gasteiger partial charge on any atom is -0.396 e. The van der Waals surface area contributed by atoms with Gasteiger partial charge in [0.05, 0.1) is 23.9 Å². The average Bonchev–Trinajstić information content (AvgIpc) is 2.74. The van der Waals surface area contributed by atoms with E-state index in [4.69, 9.17) is 9.47 Å². The molecule has 146 valence electrons. The molecule has 0 aromatic heterocycles. The number of rotatable bonds is 10. The molecule has 1 aliphatic heterocycles. The van der Waals surface area contributed by atoms with Gasteiger partial charge in [0.25, 0.3) is 0 Å². The van der Waals surface area contributed by atoms with E-state index in [0.29, 0.717) is 24.2 Å². The second-order valence-electron chi connectivity index (χ2n) is 6.57. The van der Waals surface area contributed by atoms with Crippen LogP contribution in [0.5, 0.6) is 0 Å². The quantitative estimate of drug-likeness (QED) is 0.619. The van der Waals surface area contributed by atoms with Crippen LogP contribution in [-0.2, 0) is 22.7 Å². The van der Waals surface area contributed by atoms with Crippen molar-refractivity contribution in [1.82, 2.24) is 0 Å². The molecule has 2 aromatic carbocycles. The highest BCUT2D eigenvalue weighted by atomic mass is 32.2. The van der Waals surface area contributed by atoms with Gasteiger partial charge in [-0.05, 0) is 35.5 Å². The number of aliphatic hydroxyl groups is 1. The SMILES string of the molecule is OCC[C@H](OCc1ccccc1)[C@H](OCc1ccccc1)C1SCCCS1. The molecule has 0 amide bonds. The second kappa shape index (κ2) is 11.8. The van der Waals surface area contributed by atoms with E-state index in [1.165, 1.54) is 12.0 Å². The molecule has 1 heterocycles. The van der Waals surface area contributed by atoms with Crippen molar-refractivity contribution < 1.29 is 14.6 Å². The highest BCUT2D eigenvalue weighted by Gasteiger charge is 2.33. The summed E-state index contributed by atoms with van der Waals surface area (Å²) in [6.45, 7) is 1.21. The molecule has 1 N–H and O–H groups in total. The maximum atomic E-state index is 9.62. The molecule has 1 fully saturated rings. The summed E-state index contributed by atoms with van der Waals surface area (Å²) in [4.78, 5) is 0. The van der Waals surface area contributed by atoms with Gasteiger partial charge in [0.15, 0.2) is 0 Å². The lowest BCUT2D eigenvalue weighted by Gasteiger charge is -2.34. The largest absolute Gasteiger partial charge is 0.396 e. The zero-order valence-corrected chi connectivity index (χ0v) is 17.2. The molecular formula is C22H28O3S2. The summed E-state index contributed by atoms with van der Waals surface area (Å²) < 4.78 is 13.0. The summed E-state index contributed by atoms with van der Waals surface area (Å²) in [6.07, 6.45) is 1.66. The van der Waals surface area contributed by atoms with Gasteiger partial charge in [0, 0.05) is 6.61 Å². The number of benzene rings is 2.